The van der Waals surface area contributed by atoms with E-state index in [0.717, 1.165) is 0 Å². The Balaban J connectivity index is 3.69. The van der Waals surface area contributed by atoms with Crippen LogP contribution in [-0.2, 0) is 9.59 Å². The lowest BCUT2D eigenvalue weighted by molar-refractivity contribution is -0.137. The quantitative estimate of drug-likeness (QED) is 0.612. The second-order valence-electron chi connectivity index (χ2n) is 2.55. The maximum absolute atomic E-state index is 10.1. The Kier molecular flexibility index (Phi) is 4.76. The fourth-order valence-electron chi connectivity index (χ4n) is 0.753. The van der Waals surface area contributed by atoms with Gasteiger partial charge in [0.15, 0.2) is 0 Å². The van der Waals surface area contributed by atoms with Gasteiger partial charge in [-0.05, 0) is 13.3 Å². The molecule has 2 N–H and O–H groups in total. The molecule has 0 bridgehead atoms. The van der Waals surface area contributed by atoms with Crippen LogP contribution >= 0.6 is 0 Å². The van der Waals surface area contributed by atoms with Crippen molar-refractivity contribution in [1.29, 1.82) is 0 Å². The number of carboxylic acid groups (broad SMARTS) is 2. The molecule has 4 nitrogen and oxygen atoms in total. The molecule has 0 saturated carbocycles. The maximum atomic E-state index is 10.1. The van der Waals surface area contributed by atoms with E-state index in [1.165, 1.54) is 0 Å². The number of carbonyl (C=O) groups is 2. The van der Waals surface area contributed by atoms with Crippen LogP contribution < -0.4 is 0 Å². The summed E-state index contributed by atoms with van der Waals surface area (Å²) < 4.78 is 0. The molecule has 0 radical (unpaired) electrons. The Morgan fingerprint density at radius 1 is 1.25 bits per heavy atom. The average molecular weight is 172 g/mol. The van der Waals surface area contributed by atoms with Gasteiger partial charge < -0.3 is 10.2 Å². The third kappa shape index (κ3) is 6.80. The SMILES string of the molecule is CC(=CCCC(=O)O)CC(=O)O. The first kappa shape index (κ1) is 10.7. The van der Waals surface area contributed by atoms with Crippen LogP contribution in [0.4, 0.5) is 0 Å². The summed E-state index contributed by atoms with van der Waals surface area (Å²) in [7, 11) is 0. The van der Waals surface area contributed by atoms with Crippen LogP contribution in [0, 0.1) is 0 Å². The van der Waals surface area contributed by atoms with Crippen molar-refractivity contribution in [3.05, 3.63) is 11.6 Å². The van der Waals surface area contributed by atoms with Gasteiger partial charge >= 0.3 is 11.9 Å². The summed E-state index contributed by atoms with van der Waals surface area (Å²) in [5.41, 5.74) is 0.698. The van der Waals surface area contributed by atoms with Crippen molar-refractivity contribution in [3.8, 4) is 0 Å². The van der Waals surface area contributed by atoms with Crippen LogP contribution in [0.1, 0.15) is 26.2 Å². The summed E-state index contributed by atoms with van der Waals surface area (Å²) >= 11 is 0. The van der Waals surface area contributed by atoms with Gasteiger partial charge in [0.25, 0.3) is 0 Å². The first-order chi connectivity index (χ1) is 5.52. The van der Waals surface area contributed by atoms with Gasteiger partial charge in [0, 0.05) is 6.42 Å². The van der Waals surface area contributed by atoms with Crippen molar-refractivity contribution < 1.29 is 19.8 Å². The van der Waals surface area contributed by atoms with Gasteiger partial charge in [0.1, 0.15) is 0 Å². The molecule has 0 aromatic carbocycles. The fraction of sp³-hybridized carbons (Fsp3) is 0.500. The second-order valence-corrected chi connectivity index (χ2v) is 2.55. The highest BCUT2D eigenvalue weighted by Crippen LogP contribution is 2.02. The highest BCUT2D eigenvalue weighted by molar-refractivity contribution is 5.70. The van der Waals surface area contributed by atoms with E-state index in [-0.39, 0.29) is 12.8 Å². The number of aliphatic carboxylic acids is 2. The molecule has 0 heterocycles. The molecular formula is C8H12O4. The van der Waals surface area contributed by atoms with Crippen molar-refractivity contribution in [1.82, 2.24) is 0 Å². The normalized spacial score (nSPS) is 11.2. The van der Waals surface area contributed by atoms with Crippen molar-refractivity contribution in [2.75, 3.05) is 0 Å². The molecule has 4 heteroatoms. The predicted octanol–water partition coefficient (Wildman–Crippen LogP) is 1.27. The minimum atomic E-state index is -0.890. The fourth-order valence-corrected chi connectivity index (χ4v) is 0.753. The smallest absolute Gasteiger partial charge is 0.307 e. The molecule has 0 aliphatic heterocycles. The predicted molar refractivity (Wildman–Crippen MR) is 42.9 cm³/mol. The van der Waals surface area contributed by atoms with E-state index >= 15 is 0 Å². The summed E-state index contributed by atoms with van der Waals surface area (Å²) in [4.78, 5) is 20.2. The molecule has 0 rings (SSSR count). The minimum Gasteiger partial charge on any atom is -0.481 e. The molecule has 12 heavy (non-hydrogen) atoms. The van der Waals surface area contributed by atoms with E-state index in [4.69, 9.17) is 10.2 Å². The van der Waals surface area contributed by atoms with Crippen LogP contribution in [0.2, 0.25) is 0 Å². The van der Waals surface area contributed by atoms with Gasteiger partial charge in [-0.3, -0.25) is 9.59 Å². The van der Waals surface area contributed by atoms with Crippen molar-refractivity contribution in [2.24, 2.45) is 0 Å². The zero-order valence-corrected chi connectivity index (χ0v) is 6.91. The topological polar surface area (TPSA) is 74.6 Å². The lowest BCUT2D eigenvalue weighted by Gasteiger charge is -1.94. The van der Waals surface area contributed by atoms with Crippen LogP contribution in [-0.4, -0.2) is 22.2 Å². The zero-order chi connectivity index (χ0) is 9.56. The van der Waals surface area contributed by atoms with Crippen LogP contribution in [0.25, 0.3) is 0 Å². The van der Waals surface area contributed by atoms with Crippen LogP contribution in [0.15, 0.2) is 11.6 Å². The second kappa shape index (κ2) is 5.35. The molecule has 0 atom stereocenters. The molecule has 0 aliphatic carbocycles. The molecule has 0 spiro atoms. The summed E-state index contributed by atoms with van der Waals surface area (Å²) in [5, 5.41) is 16.6. The van der Waals surface area contributed by atoms with Gasteiger partial charge in [-0.1, -0.05) is 11.6 Å². The van der Waals surface area contributed by atoms with E-state index in [1.807, 2.05) is 0 Å². The summed E-state index contributed by atoms with van der Waals surface area (Å²) in [6.07, 6.45) is 2.08. The third-order valence-corrected chi connectivity index (χ3v) is 1.28. The van der Waals surface area contributed by atoms with Crippen molar-refractivity contribution in [2.45, 2.75) is 26.2 Å². The largest absolute Gasteiger partial charge is 0.481 e. The van der Waals surface area contributed by atoms with Gasteiger partial charge in [0.05, 0.1) is 6.42 Å². The molecule has 0 aliphatic rings. The molecule has 0 aromatic rings. The van der Waals surface area contributed by atoms with E-state index < -0.39 is 11.9 Å². The molecule has 0 saturated heterocycles. The third-order valence-electron chi connectivity index (χ3n) is 1.28. The summed E-state index contributed by atoms with van der Waals surface area (Å²) in [6.45, 7) is 1.68. The van der Waals surface area contributed by atoms with Gasteiger partial charge in [0.2, 0.25) is 0 Å². The summed E-state index contributed by atoms with van der Waals surface area (Å²) in [6, 6.07) is 0. The first-order valence-electron chi connectivity index (χ1n) is 3.61. The monoisotopic (exact) mass is 172 g/mol. The maximum Gasteiger partial charge on any atom is 0.307 e. The van der Waals surface area contributed by atoms with Gasteiger partial charge in [-0.25, -0.2) is 0 Å². The molecule has 0 unspecified atom stereocenters. The standard InChI is InChI=1S/C8H12O4/c1-6(5-8(11)12)3-2-4-7(9)10/h3H,2,4-5H2,1H3,(H,9,10)(H,11,12). The molecule has 0 amide bonds. The van der Waals surface area contributed by atoms with Gasteiger partial charge in [-0.15, -0.1) is 0 Å². The number of hydrogen-bond acceptors (Lipinski definition) is 2. The van der Waals surface area contributed by atoms with E-state index in [9.17, 15) is 9.59 Å². The number of allylic oxidation sites excluding steroid dienone is 1. The average Bonchev–Trinajstić information content (AvgIpc) is 1.84. The molecule has 68 valence electrons. The molecule has 0 fully saturated rings. The highest BCUT2D eigenvalue weighted by Gasteiger charge is 1.98. The van der Waals surface area contributed by atoms with Crippen molar-refractivity contribution >= 4 is 11.9 Å². The van der Waals surface area contributed by atoms with E-state index in [1.54, 1.807) is 13.0 Å². The Morgan fingerprint density at radius 2 is 1.83 bits per heavy atom. The van der Waals surface area contributed by atoms with Crippen LogP contribution in [0.3, 0.4) is 0 Å². The van der Waals surface area contributed by atoms with E-state index in [0.29, 0.717) is 12.0 Å². The minimum absolute atomic E-state index is 0.0143. The van der Waals surface area contributed by atoms with E-state index in [2.05, 4.69) is 0 Å². The molecular weight excluding hydrogens is 160 g/mol. The Hall–Kier alpha value is -1.32. The Morgan fingerprint density at radius 3 is 2.25 bits per heavy atom. The van der Waals surface area contributed by atoms with Gasteiger partial charge in [-0.2, -0.15) is 0 Å². The number of carboxylic acids is 2. The first-order valence-corrected chi connectivity index (χ1v) is 3.61. The number of rotatable bonds is 5. The Labute approximate surface area is 70.5 Å². The highest BCUT2D eigenvalue weighted by atomic mass is 16.4. The lowest BCUT2D eigenvalue weighted by atomic mass is 10.1. The summed E-state index contributed by atoms with van der Waals surface area (Å²) in [5.74, 6) is -1.76. The zero-order valence-electron chi connectivity index (χ0n) is 6.91. The number of hydrogen-bond donors (Lipinski definition) is 2. The Bertz CT molecular complexity index is 205. The van der Waals surface area contributed by atoms with Crippen LogP contribution in [0.5, 0.6) is 0 Å². The molecule has 0 aromatic heterocycles. The lowest BCUT2D eigenvalue weighted by Crippen LogP contribution is -1.96. The van der Waals surface area contributed by atoms with Crippen molar-refractivity contribution in [3.63, 3.8) is 0 Å².